The molecule has 0 radical (unpaired) electrons. The summed E-state index contributed by atoms with van der Waals surface area (Å²) in [6.45, 7) is 7.97. The molecular formula is C13H20N4O2. The number of amides is 2. The number of aromatic nitrogens is 2. The highest BCUT2D eigenvalue weighted by Crippen LogP contribution is 2.18. The van der Waals surface area contributed by atoms with Crippen LogP contribution in [0.25, 0.3) is 0 Å². The highest BCUT2D eigenvalue weighted by molar-refractivity contribution is 5.94. The number of hydrogen-bond acceptors (Lipinski definition) is 4. The van der Waals surface area contributed by atoms with E-state index in [9.17, 15) is 9.59 Å². The van der Waals surface area contributed by atoms with Crippen molar-refractivity contribution in [1.29, 1.82) is 0 Å². The number of nitrogens with zero attached hydrogens (tertiary/aromatic N) is 2. The molecule has 6 nitrogen and oxygen atoms in total. The fourth-order valence-electron chi connectivity index (χ4n) is 1.18. The Bertz CT molecular complexity index is 440. The van der Waals surface area contributed by atoms with Crippen LogP contribution < -0.4 is 10.6 Å². The molecule has 1 atom stereocenters. The summed E-state index contributed by atoms with van der Waals surface area (Å²) in [5.74, 6) is -0.633. The largest absolute Gasteiger partial charge is 0.352 e. The first-order valence-electron chi connectivity index (χ1n) is 6.14. The quantitative estimate of drug-likeness (QED) is 0.840. The van der Waals surface area contributed by atoms with Crippen LogP contribution in [0.15, 0.2) is 18.6 Å². The van der Waals surface area contributed by atoms with E-state index in [0.29, 0.717) is 0 Å². The van der Waals surface area contributed by atoms with Crippen LogP contribution in [0.4, 0.5) is 0 Å². The molecule has 1 aromatic heterocycles. The maximum Gasteiger partial charge on any atom is 0.271 e. The zero-order valence-electron chi connectivity index (χ0n) is 11.7. The smallest absolute Gasteiger partial charge is 0.271 e. The van der Waals surface area contributed by atoms with Crippen molar-refractivity contribution in [1.82, 2.24) is 20.6 Å². The van der Waals surface area contributed by atoms with Crippen LogP contribution >= 0.6 is 0 Å². The molecular weight excluding hydrogens is 244 g/mol. The minimum atomic E-state index is -0.410. The summed E-state index contributed by atoms with van der Waals surface area (Å²) in [5, 5.41) is 5.34. The predicted molar refractivity (Wildman–Crippen MR) is 71.4 cm³/mol. The normalized spacial score (nSPS) is 12.6. The van der Waals surface area contributed by atoms with Gasteiger partial charge in [-0.1, -0.05) is 20.8 Å². The summed E-state index contributed by atoms with van der Waals surface area (Å²) in [7, 11) is 0. The van der Waals surface area contributed by atoms with Crippen LogP contribution in [-0.4, -0.2) is 34.4 Å². The molecule has 6 heteroatoms. The Labute approximate surface area is 113 Å². The molecule has 0 bridgehead atoms. The fraction of sp³-hybridized carbons (Fsp3) is 0.538. The first-order chi connectivity index (χ1) is 8.80. The van der Waals surface area contributed by atoms with Crippen LogP contribution in [0.2, 0.25) is 0 Å². The van der Waals surface area contributed by atoms with Crippen LogP contribution in [0, 0.1) is 5.41 Å². The van der Waals surface area contributed by atoms with Crippen LogP contribution in [0.3, 0.4) is 0 Å². The van der Waals surface area contributed by atoms with Gasteiger partial charge >= 0.3 is 0 Å². The standard InChI is InChI=1S/C13H20N4O2/c1-9(13(2,3)4)17-11(18)8-16-12(19)10-7-14-5-6-15-10/h5-7,9H,8H2,1-4H3,(H,16,19)(H,17,18). The summed E-state index contributed by atoms with van der Waals surface area (Å²) >= 11 is 0. The number of carbonyl (C=O) groups is 2. The Kier molecular flexibility index (Phi) is 4.97. The van der Waals surface area contributed by atoms with E-state index in [1.165, 1.54) is 18.6 Å². The van der Waals surface area contributed by atoms with Gasteiger partial charge in [0, 0.05) is 18.4 Å². The average Bonchev–Trinajstić information content (AvgIpc) is 2.35. The van der Waals surface area contributed by atoms with E-state index in [1.807, 2.05) is 27.7 Å². The lowest BCUT2D eigenvalue weighted by Gasteiger charge is -2.28. The van der Waals surface area contributed by atoms with Gasteiger partial charge in [-0.25, -0.2) is 4.98 Å². The van der Waals surface area contributed by atoms with Crippen molar-refractivity contribution in [3.63, 3.8) is 0 Å². The first-order valence-corrected chi connectivity index (χ1v) is 6.14. The minimum absolute atomic E-state index is 0.0217. The van der Waals surface area contributed by atoms with Gasteiger partial charge in [0.05, 0.1) is 12.7 Å². The monoisotopic (exact) mass is 264 g/mol. The molecule has 0 aliphatic heterocycles. The molecule has 1 heterocycles. The van der Waals surface area contributed by atoms with Crippen molar-refractivity contribution >= 4 is 11.8 Å². The highest BCUT2D eigenvalue weighted by Gasteiger charge is 2.21. The van der Waals surface area contributed by atoms with Gasteiger partial charge in [0.2, 0.25) is 5.91 Å². The van der Waals surface area contributed by atoms with Crippen molar-refractivity contribution in [2.24, 2.45) is 5.41 Å². The number of carbonyl (C=O) groups excluding carboxylic acids is 2. The van der Waals surface area contributed by atoms with Gasteiger partial charge in [-0.05, 0) is 12.3 Å². The Morgan fingerprint density at radius 3 is 2.53 bits per heavy atom. The second-order valence-corrected chi connectivity index (χ2v) is 5.43. The minimum Gasteiger partial charge on any atom is -0.352 e. The molecule has 2 N–H and O–H groups in total. The van der Waals surface area contributed by atoms with E-state index in [-0.39, 0.29) is 29.6 Å². The summed E-state index contributed by atoms with van der Waals surface area (Å²) in [5.41, 5.74) is 0.170. The van der Waals surface area contributed by atoms with E-state index >= 15 is 0 Å². The second-order valence-electron chi connectivity index (χ2n) is 5.43. The lowest BCUT2D eigenvalue weighted by molar-refractivity contribution is -0.121. The fourth-order valence-corrected chi connectivity index (χ4v) is 1.18. The molecule has 1 unspecified atom stereocenters. The molecule has 1 aromatic rings. The van der Waals surface area contributed by atoms with Crippen molar-refractivity contribution in [3.8, 4) is 0 Å². The molecule has 0 spiro atoms. The molecule has 19 heavy (non-hydrogen) atoms. The Balaban J connectivity index is 2.41. The van der Waals surface area contributed by atoms with Gasteiger partial charge in [-0.3, -0.25) is 14.6 Å². The number of rotatable bonds is 4. The Hall–Kier alpha value is -1.98. The average molecular weight is 264 g/mol. The van der Waals surface area contributed by atoms with Crippen molar-refractivity contribution in [2.45, 2.75) is 33.7 Å². The van der Waals surface area contributed by atoms with Gasteiger partial charge < -0.3 is 10.6 Å². The number of nitrogens with one attached hydrogen (secondary N) is 2. The lowest BCUT2D eigenvalue weighted by Crippen LogP contribution is -2.45. The van der Waals surface area contributed by atoms with Crippen molar-refractivity contribution in [3.05, 3.63) is 24.3 Å². The summed E-state index contributed by atoms with van der Waals surface area (Å²) in [6, 6.07) is 0.0217. The van der Waals surface area contributed by atoms with E-state index in [0.717, 1.165) is 0 Å². The van der Waals surface area contributed by atoms with Crippen LogP contribution in [0.1, 0.15) is 38.2 Å². The van der Waals surface area contributed by atoms with E-state index < -0.39 is 5.91 Å². The van der Waals surface area contributed by atoms with Gasteiger partial charge in [0.25, 0.3) is 5.91 Å². The summed E-state index contributed by atoms with van der Waals surface area (Å²) in [4.78, 5) is 31.0. The molecule has 0 saturated carbocycles. The van der Waals surface area contributed by atoms with Crippen molar-refractivity contribution < 1.29 is 9.59 Å². The van der Waals surface area contributed by atoms with Gasteiger partial charge in [-0.2, -0.15) is 0 Å². The highest BCUT2D eigenvalue weighted by atomic mass is 16.2. The third-order valence-electron chi connectivity index (χ3n) is 2.88. The van der Waals surface area contributed by atoms with Crippen LogP contribution in [0.5, 0.6) is 0 Å². The topological polar surface area (TPSA) is 84.0 Å². The summed E-state index contributed by atoms with van der Waals surface area (Å²) < 4.78 is 0. The molecule has 1 rings (SSSR count). The molecule has 104 valence electrons. The molecule has 0 saturated heterocycles. The van der Waals surface area contributed by atoms with E-state index in [1.54, 1.807) is 0 Å². The maximum absolute atomic E-state index is 11.7. The van der Waals surface area contributed by atoms with Crippen molar-refractivity contribution in [2.75, 3.05) is 6.54 Å². The molecule has 0 aliphatic carbocycles. The second kappa shape index (κ2) is 6.26. The SMILES string of the molecule is CC(NC(=O)CNC(=O)c1cnccn1)C(C)(C)C. The molecule has 0 aromatic carbocycles. The Morgan fingerprint density at radius 2 is 2.00 bits per heavy atom. The number of hydrogen-bond donors (Lipinski definition) is 2. The van der Waals surface area contributed by atoms with Crippen LogP contribution in [-0.2, 0) is 4.79 Å². The lowest BCUT2D eigenvalue weighted by atomic mass is 9.88. The van der Waals surface area contributed by atoms with E-state index in [4.69, 9.17) is 0 Å². The zero-order valence-corrected chi connectivity index (χ0v) is 11.7. The van der Waals surface area contributed by atoms with Gasteiger partial charge in [-0.15, -0.1) is 0 Å². The third-order valence-corrected chi connectivity index (χ3v) is 2.88. The molecule has 0 fully saturated rings. The third kappa shape index (κ3) is 5.03. The predicted octanol–water partition coefficient (Wildman–Crippen LogP) is 0.757. The molecule has 0 aliphatic rings. The Morgan fingerprint density at radius 1 is 1.32 bits per heavy atom. The first kappa shape index (κ1) is 15.1. The van der Waals surface area contributed by atoms with E-state index in [2.05, 4.69) is 20.6 Å². The molecule has 2 amide bonds. The van der Waals surface area contributed by atoms with Gasteiger partial charge in [0.1, 0.15) is 5.69 Å². The van der Waals surface area contributed by atoms with Gasteiger partial charge in [0.15, 0.2) is 0 Å². The summed E-state index contributed by atoms with van der Waals surface area (Å²) in [6.07, 6.45) is 4.26. The zero-order chi connectivity index (χ0) is 14.5. The maximum atomic E-state index is 11.7.